The first-order chi connectivity index (χ1) is 8.97. The van der Waals surface area contributed by atoms with E-state index in [1.807, 2.05) is 24.3 Å². The Labute approximate surface area is 117 Å². The van der Waals surface area contributed by atoms with Crippen LogP contribution in [0.15, 0.2) is 42.5 Å². The molecule has 0 bridgehead atoms. The van der Waals surface area contributed by atoms with E-state index in [1.54, 1.807) is 0 Å². The second-order valence-corrected chi connectivity index (χ2v) is 5.32. The van der Waals surface area contributed by atoms with E-state index in [0.717, 1.165) is 11.6 Å². The van der Waals surface area contributed by atoms with Gasteiger partial charge in [0.15, 0.2) is 0 Å². The van der Waals surface area contributed by atoms with E-state index >= 15 is 0 Å². The molecule has 0 nitrogen and oxygen atoms in total. The van der Waals surface area contributed by atoms with Gasteiger partial charge in [0, 0.05) is 6.07 Å². The average Bonchev–Trinajstić information content (AvgIpc) is 2.37. The molecule has 0 saturated heterocycles. The minimum absolute atomic E-state index is 0.427. The lowest BCUT2D eigenvalue weighted by atomic mass is 9.98. The summed E-state index contributed by atoms with van der Waals surface area (Å²) >= 11 is 6.27. The van der Waals surface area contributed by atoms with E-state index in [4.69, 9.17) is 11.6 Å². The molecule has 2 aromatic rings. The first kappa shape index (κ1) is 14.0. The Kier molecular flexibility index (Phi) is 4.20. The summed E-state index contributed by atoms with van der Waals surface area (Å²) in [5, 5.41) is -0.550. The van der Waals surface area contributed by atoms with Crippen LogP contribution < -0.4 is 0 Å². The Morgan fingerprint density at radius 2 is 1.26 bits per heavy atom. The zero-order valence-electron chi connectivity index (χ0n) is 10.8. The molecule has 0 saturated carbocycles. The third kappa shape index (κ3) is 3.32. The van der Waals surface area contributed by atoms with Gasteiger partial charge >= 0.3 is 0 Å². The fourth-order valence-corrected chi connectivity index (χ4v) is 2.24. The number of hydrogen-bond acceptors (Lipinski definition) is 0. The third-order valence-electron chi connectivity index (χ3n) is 3.07. The highest BCUT2D eigenvalue weighted by atomic mass is 35.5. The molecule has 0 radical (unpaired) electrons. The summed E-state index contributed by atoms with van der Waals surface area (Å²) in [4.78, 5) is 0. The molecule has 2 rings (SSSR count). The normalized spacial score (nSPS) is 12.7. The summed E-state index contributed by atoms with van der Waals surface area (Å²) in [5.74, 6) is -0.784. The molecule has 0 aliphatic heterocycles. The highest BCUT2D eigenvalue weighted by Gasteiger charge is 2.13. The molecular weight excluding hydrogens is 266 g/mol. The molecule has 0 heterocycles. The molecular formula is C16H15ClF2. The van der Waals surface area contributed by atoms with Gasteiger partial charge in [-0.2, -0.15) is 0 Å². The summed E-state index contributed by atoms with van der Waals surface area (Å²) in [6.07, 6.45) is 0. The van der Waals surface area contributed by atoms with Gasteiger partial charge in [-0.15, -0.1) is 11.6 Å². The van der Waals surface area contributed by atoms with E-state index < -0.39 is 17.0 Å². The summed E-state index contributed by atoms with van der Waals surface area (Å²) in [6.45, 7) is 4.21. The lowest BCUT2D eigenvalue weighted by molar-refractivity contribution is 0.580. The van der Waals surface area contributed by atoms with E-state index in [2.05, 4.69) is 13.8 Å². The first-order valence-corrected chi connectivity index (χ1v) is 6.61. The first-order valence-electron chi connectivity index (χ1n) is 6.17. The van der Waals surface area contributed by atoms with Crippen molar-refractivity contribution in [3.63, 3.8) is 0 Å². The maximum Gasteiger partial charge on any atom is 0.126 e. The predicted molar refractivity (Wildman–Crippen MR) is 74.6 cm³/mol. The van der Waals surface area contributed by atoms with Crippen molar-refractivity contribution in [2.24, 2.45) is 0 Å². The van der Waals surface area contributed by atoms with Crippen LogP contribution >= 0.6 is 11.6 Å². The molecule has 0 N–H and O–H groups in total. The van der Waals surface area contributed by atoms with Gasteiger partial charge in [0.2, 0.25) is 0 Å². The highest BCUT2D eigenvalue weighted by Crippen LogP contribution is 2.30. The molecule has 0 spiro atoms. The molecule has 19 heavy (non-hydrogen) atoms. The highest BCUT2D eigenvalue weighted by molar-refractivity contribution is 6.22. The van der Waals surface area contributed by atoms with Gasteiger partial charge in [0.25, 0.3) is 0 Å². The molecule has 0 fully saturated rings. The van der Waals surface area contributed by atoms with Crippen LogP contribution in [0.5, 0.6) is 0 Å². The molecule has 0 aromatic heterocycles. The number of benzene rings is 2. The molecule has 100 valence electrons. The van der Waals surface area contributed by atoms with Crippen LogP contribution in [0.2, 0.25) is 0 Å². The van der Waals surface area contributed by atoms with Crippen molar-refractivity contribution >= 4 is 11.6 Å². The summed E-state index contributed by atoms with van der Waals surface area (Å²) < 4.78 is 26.4. The van der Waals surface area contributed by atoms with Crippen LogP contribution in [0.25, 0.3) is 0 Å². The summed E-state index contributed by atoms with van der Waals surface area (Å²) in [6, 6.07) is 11.1. The number of hydrogen-bond donors (Lipinski definition) is 0. The Morgan fingerprint density at radius 1 is 0.789 bits per heavy atom. The van der Waals surface area contributed by atoms with Gasteiger partial charge < -0.3 is 0 Å². The summed E-state index contributed by atoms with van der Waals surface area (Å²) in [7, 11) is 0. The molecule has 1 unspecified atom stereocenters. The standard InChI is InChI=1S/C16H15ClF2/c1-10(2)11-3-5-12(6-4-11)16(17)13-7-14(18)9-15(19)8-13/h3-10,16H,1-2H3. The zero-order valence-corrected chi connectivity index (χ0v) is 11.6. The van der Waals surface area contributed by atoms with E-state index in [0.29, 0.717) is 11.5 Å². The van der Waals surface area contributed by atoms with Crippen molar-refractivity contribution in [1.82, 2.24) is 0 Å². The maximum atomic E-state index is 13.2. The zero-order chi connectivity index (χ0) is 14.0. The minimum Gasteiger partial charge on any atom is -0.207 e. The van der Waals surface area contributed by atoms with Crippen molar-refractivity contribution in [1.29, 1.82) is 0 Å². The van der Waals surface area contributed by atoms with Crippen LogP contribution in [0.3, 0.4) is 0 Å². The van der Waals surface area contributed by atoms with Gasteiger partial charge in [0.05, 0.1) is 5.38 Å². The van der Waals surface area contributed by atoms with Crippen molar-refractivity contribution in [2.45, 2.75) is 25.1 Å². The molecule has 2 aromatic carbocycles. The maximum absolute atomic E-state index is 13.2. The third-order valence-corrected chi connectivity index (χ3v) is 3.58. The number of halogens is 3. The molecule has 0 aliphatic carbocycles. The number of rotatable bonds is 3. The van der Waals surface area contributed by atoms with Gasteiger partial charge in [-0.05, 0) is 34.7 Å². The van der Waals surface area contributed by atoms with E-state index in [9.17, 15) is 8.78 Å². The van der Waals surface area contributed by atoms with Gasteiger partial charge in [-0.3, -0.25) is 0 Å². The van der Waals surface area contributed by atoms with Crippen molar-refractivity contribution < 1.29 is 8.78 Å². The monoisotopic (exact) mass is 280 g/mol. The van der Waals surface area contributed by atoms with Crippen molar-refractivity contribution in [3.8, 4) is 0 Å². The molecule has 0 amide bonds. The number of alkyl halides is 1. The van der Waals surface area contributed by atoms with E-state index in [-0.39, 0.29) is 0 Å². The van der Waals surface area contributed by atoms with Crippen molar-refractivity contribution in [2.75, 3.05) is 0 Å². The fourth-order valence-electron chi connectivity index (χ4n) is 1.96. The van der Waals surface area contributed by atoms with Crippen LogP contribution in [0.1, 0.15) is 41.8 Å². The second-order valence-electron chi connectivity index (χ2n) is 4.89. The Morgan fingerprint density at radius 3 is 1.74 bits per heavy atom. The fraction of sp³-hybridized carbons (Fsp3) is 0.250. The Balaban J connectivity index is 2.30. The molecule has 0 aliphatic rings. The van der Waals surface area contributed by atoms with Crippen LogP contribution in [-0.4, -0.2) is 0 Å². The molecule has 3 heteroatoms. The predicted octanol–water partition coefficient (Wildman–Crippen LogP) is 5.42. The minimum atomic E-state index is -0.612. The van der Waals surface area contributed by atoms with E-state index in [1.165, 1.54) is 17.7 Å². The average molecular weight is 281 g/mol. The Hall–Kier alpha value is -1.41. The lowest BCUT2D eigenvalue weighted by Gasteiger charge is -2.12. The largest absolute Gasteiger partial charge is 0.207 e. The summed E-state index contributed by atoms with van der Waals surface area (Å²) in [5.41, 5.74) is 2.46. The van der Waals surface area contributed by atoms with Gasteiger partial charge in [-0.1, -0.05) is 38.1 Å². The second kappa shape index (κ2) is 5.70. The lowest BCUT2D eigenvalue weighted by Crippen LogP contribution is -1.96. The SMILES string of the molecule is CC(C)c1ccc(C(Cl)c2cc(F)cc(F)c2)cc1. The van der Waals surface area contributed by atoms with Crippen molar-refractivity contribution in [3.05, 3.63) is 70.8 Å². The molecule has 1 atom stereocenters. The smallest absolute Gasteiger partial charge is 0.126 e. The quantitative estimate of drug-likeness (QED) is 0.659. The topological polar surface area (TPSA) is 0 Å². The Bertz CT molecular complexity index is 541. The van der Waals surface area contributed by atoms with Crippen LogP contribution in [-0.2, 0) is 0 Å². The van der Waals surface area contributed by atoms with Crippen LogP contribution in [0.4, 0.5) is 8.78 Å². The van der Waals surface area contributed by atoms with Gasteiger partial charge in [0.1, 0.15) is 11.6 Å². The van der Waals surface area contributed by atoms with Crippen LogP contribution in [0, 0.1) is 11.6 Å². The van der Waals surface area contributed by atoms with Gasteiger partial charge in [-0.25, -0.2) is 8.78 Å².